The molecule has 160 valence electrons. The van der Waals surface area contributed by atoms with E-state index in [1.165, 1.54) is 0 Å². The number of carbonyl (C=O) groups is 2. The van der Waals surface area contributed by atoms with Crippen LogP contribution in [0.5, 0.6) is 0 Å². The molecule has 0 heterocycles. The minimum Gasteiger partial charge on any atom is -0.481 e. The van der Waals surface area contributed by atoms with Gasteiger partial charge in [-0.2, -0.15) is 0 Å². The molecule has 0 aromatic rings. The number of ether oxygens (including phenoxy) is 1. The molecule has 7 nitrogen and oxygen atoms in total. The number of hydrogen-bond acceptors (Lipinski definition) is 6. The first-order valence-electron chi connectivity index (χ1n) is 8.81. The summed E-state index contributed by atoms with van der Waals surface area (Å²) >= 11 is 0. The molecule has 0 aliphatic heterocycles. The monoisotopic (exact) mass is 400 g/mol. The highest BCUT2D eigenvalue weighted by Gasteiger charge is 2.14. The van der Waals surface area contributed by atoms with Gasteiger partial charge in [0.1, 0.15) is 0 Å². The van der Waals surface area contributed by atoms with Crippen LogP contribution in [0.2, 0.25) is 0 Å². The Morgan fingerprint density at radius 3 is 1.35 bits per heavy atom. The standard InChI is InChI=1S/C9H19NO2.C6H13NO2.C3H8O.ClH/c1-6(2)8(10)5-9(11)12-7(3)4;1-4(2)5(7)3-6(8)9;1-3(2)4;/h6-8H,5,10H2,1-4H3;4-5H,3,7H2,1-2H3,(H,8,9);3-4H,1-2H3;1H/t8-;5-;;/m00../s1. The van der Waals surface area contributed by atoms with Gasteiger partial charge >= 0.3 is 11.9 Å². The molecule has 0 saturated carbocycles. The van der Waals surface area contributed by atoms with E-state index in [0.717, 1.165) is 0 Å². The molecule has 0 radical (unpaired) electrons. The predicted octanol–water partition coefficient (Wildman–Crippen LogP) is 2.56. The number of aliphatic hydroxyl groups is 1. The van der Waals surface area contributed by atoms with Gasteiger partial charge in [0.25, 0.3) is 0 Å². The first-order chi connectivity index (χ1) is 11.2. The summed E-state index contributed by atoms with van der Waals surface area (Å²) in [7, 11) is 0. The summed E-state index contributed by atoms with van der Waals surface area (Å²) in [4.78, 5) is 21.1. The maximum absolute atomic E-state index is 11.1. The molecule has 0 aromatic carbocycles. The Hall–Kier alpha value is -0.890. The van der Waals surface area contributed by atoms with Crippen LogP contribution in [-0.4, -0.2) is 46.4 Å². The molecule has 0 bridgehead atoms. The van der Waals surface area contributed by atoms with Crippen molar-refractivity contribution in [2.24, 2.45) is 23.3 Å². The van der Waals surface area contributed by atoms with Gasteiger partial charge in [-0.1, -0.05) is 27.7 Å². The molecule has 0 rings (SSSR count). The Labute approximate surface area is 165 Å². The van der Waals surface area contributed by atoms with E-state index in [2.05, 4.69) is 0 Å². The number of aliphatic hydroxyl groups excluding tert-OH is 1. The molecule has 0 saturated heterocycles. The van der Waals surface area contributed by atoms with Crippen LogP contribution in [0, 0.1) is 11.8 Å². The largest absolute Gasteiger partial charge is 0.481 e. The molecular weight excluding hydrogens is 360 g/mol. The summed E-state index contributed by atoms with van der Waals surface area (Å²) in [5.74, 6) is -0.451. The summed E-state index contributed by atoms with van der Waals surface area (Å²) in [5.41, 5.74) is 11.1. The maximum atomic E-state index is 11.1. The van der Waals surface area contributed by atoms with Crippen molar-refractivity contribution in [2.75, 3.05) is 0 Å². The smallest absolute Gasteiger partial charge is 0.307 e. The van der Waals surface area contributed by atoms with Crippen LogP contribution in [0.15, 0.2) is 0 Å². The fraction of sp³-hybridized carbons (Fsp3) is 0.889. The lowest BCUT2D eigenvalue weighted by Crippen LogP contribution is -2.30. The number of esters is 1. The first-order valence-corrected chi connectivity index (χ1v) is 8.81. The Kier molecular flexibility index (Phi) is 23.8. The molecule has 0 aliphatic carbocycles. The quantitative estimate of drug-likeness (QED) is 0.482. The summed E-state index contributed by atoms with van der Waals surface area (Å²) in [6, 6.07) is -0.293. The fourth-order valence-electron chi connectivity index (χ4n) is 1.18. The second-order valence-corrected chi connectivity index (χ2v) is 7.25. The fourth-order valence-corrected chi connectivity index (χ4v) is 1.18. The van der Waals surface area contributed by atoms with E-state index in [0.29, 0.717) is 12.3 Å². The van der Waals surface area contributed by atoms with E-state index >= 15 is 0 Å². The van der Waals surface area contributed by atoms with Crippen molar-refractivity contribution in [3.63, 3.8) is 0 Å². The van der Waals surface area contributed by atoms with Crippen molar-refractivity contribution in [1.82, 2.24) is 0 Å². The first kappa shape index (κ1) is 32.8. The lowest BCUT2D eigenvalue weighted by molar-refractivity contribution is -0.148. The summed E-state index contributed by atoms with van der Waals surface area (Å²) < 4.78 is 4.95. The molecule has 2 atom stereocenters. The van der Waals surface area contributed by atoms with Gasteiger partial charge in [0, 0.05) is 18.2 Å². The lowest BCUT2D eigenvalue weighted by atomic mass is 10.0. The zero-order valence-corrected chi connectivity index (χ0v) is 18.4. The summed E-state index contributed by atoms with van der Waals surface area (Å²) in [5, 5.41) is 16.3. The average Bonchev–Trinajstić information content (AvgIpc) is 2.36. The minimum atomic E-state index is -0.823. The van der Waals surface area contributed by atoms with Gasteiger partial charge in [-0.25, -0.2) is 0 Å². The zero-order valence-electron chi connectivity index (χ0n) is 17.6. The van der Waals surface area contributed by atoms with Gasteiger partial charge in [0.05, 0.1) is 18.9 Å². The van der Waals surface area contributed by atoms with Crippen molar-refractivity contribution in [2.45, 2.75) is 92.5 Å². The number of aliphatic carboxylic acids is 1. The molecule has 0 spiro atoms. The third-order valence-corrected chi connectivity index (χ3v) is 2.89. The Bertz CT molecular complexity index is 348. The number of halogens is 1. The van der Waals surface area contributed by atoms with Crippen LogP contribution >= 0.6 is 12.4 Å². The normalized spacial score (nSPS) is 12.4. The van der Waals surface area contributed by atoms with E-state index in [1.54, 1.807) is 13.8 Å². The van der Waals surface area contributed by atoms with Crippen LogP contribution < -0.4 is 11.5 Å². The number of rotatable bonds is 7. The van der Waals surface area contributed by atoms with Crippen molar-refractivity contribution in [3.8, 4) is 0 Å². The van der Waals surface area contributed by atoms with E-state index in [1.807, 2.05) is 41.5 Å². The Balaban J connectivity index is -0.000000153. The minimum absolute atomic E-state index is 0. The van der Waals surface area contributed by atoms with Gasteiger partial charge in [-0.05, 0) is 39.5 Å². The number of nitrogens with two attached hydrogens (primary N) is 2. The molecule has 8 heteroatoms. The number of carboxylic acids is 1. The van der Waals surface area contributed by atoms with Gasteiger partial charge in [-0.3, -0.25) is 9.59 Å². The highest BCUT2D eigenvalue weighted by atomic mass is 35.5. The van der Waals surface area contributed by atoms with Crippen LogP contribution in [0.4, 0.5) is 0 Å². The highest BCUT2D eigenvalue weighted by Crippen LogP contribution is 2.05. The van der Waals surface area contributed by atoms with Crippen molar-refractivity contribution >= 4 is 24.3 Å². The molecule has 26 heavy (non-hydrogen) atoms. The van der Waals surface area contributed by atoms with Crippen LogP contribution in [-0.2, 0) is 14.3 Å². The summed E-state index contributed by atoms with van der Waals surface area (Å²) in [6.07, 6.45) is 0.171. The molecule has 0 aliphatic rings. The predicted molar refractivity (Wildman–Crippen MR) is 108 cm³/mol. The zero-order chi connectivity index (χ0) is 20.7. The molecule has 0 unspecified atom stereocenters. The summed E-state index contributed by atoms with van der Waals surface area (Å²) in [6.45, 7) is 14.9. The third kappa shape index (κ3) is 30.9. The third-order valence-electron chi connectivity index (χ3n) is 2.89. The second-order valence-electron chi connectivity index (χ2n) is 7.25. The Morgan fingerprint density at radius 1 is 0.846 bits per heavy atom. The second kappa shape index (κ2) is 18.9. The molecule has 0 aromatic heterocycles. The maximum Gasteiger partial charge on any atom is 0.307 e. The Morgan fingerprint density at radius 2 is 1.15 bits per heavy atom. The molecule has 0 fully saturated rings. The number of carboxylic acid groups (broad SMARTS) is 1. The number of hydrogen-bond donors (Lipinski definition) is 4. The molecule has 0 amide bonds. The van der Waals surface area contributed by atoms with Crippen molar-refractivity contribution in [1.29, 1.82) is 0 Å². The van der Waals surface area contributed by atoms with Crippen LogP contribution in [0.25, 0.3) is 0 Å². The lowest BCUT2D eigenvalue weighted by Gasteiger charge is -2.15. The van der Waals surface area contributed by atoms with Crippen molar-refractivity contribution in [3.05, 3.63) is 0 Å². The van der Waals surface area contributed by atoms with E-state index in [4.69, 9.17) is 26.4 Å². The van der Waals surface area contributed by atoms with Gasteiger partial charge in [-0.15, -0.1) is 12.4 Å². The van der Waals surface area contributed by atoms with Crippen LogP contribution in [0.3, 0.4) is 0 Å². The van der Waals surface area contributed by atoms with E-state index in [9.17, 15) is 9.59 Å². The van der Waals surface area contributed by atoms with Crippen LogP contribution in [0.1, 0.15) is 68.2 Å². The van der Waals surface area contributed by atoms with Gasteiger partial charge in [0.2, 0.25) is 0 Å². The topological polar surface area (TPSA) is 136 Å². The van der Waals surface area contributed by atoms with Crippen molar-refractivity contribution < 1.29 is 24.5 Å². The van der Waals surface area contributed by atoms with E-state index in [-0.39, 0.29) is 55.0 Å². The van der Waals surface area contributed by atoms with E-state index < -0.39 is 5.97 Å². The highest BCUT2D eigenvalue weighted by molar-refractivity contribution is 5.85. The van der Waals surface area contributed by atoms with Gasteiger partial charge in [0.15, 0.2) is 0 Å². The molecule has 6 N–H and O–H groups in total. The number of carbonyl (C=O) groups excluding carboxylic acids is 1. The average molecular weight is 401 g/mol. The molecular formula is C18H41ClN2O5. The SMILES string of the molecule is CC(C)O.CC(C)OC(=O)C[C@H](N)C(C)C.CC(C)[C@@H](N)CC(=O)O.Cl. The van der Waals surface area contributed by atoms with Gasteiger partial charge < -0.3 is 26.4 Å².